The van der Waals surface area contributed by atoms with Gasteiger partial charge >= 0.3 is 0 Å². The Morgan fingerprint density at radius 3 is 1.75 bits per heavy atom. The van der Waals surface area contributed by atoms with E-state index in [1.54, 1.807) is 41.2 Å². The minimum Gasteiger partial charge on any atom is -0.496 e. The summed E-state index contributed by atoms with van der Waals surface area (Å²) in [5.41, 5.74) is 3.06. The molecule has 0 radical (unpaired) electrons. The van der Waals surface area contributed by atoms with E-state index in [0.717, 1.165) is 48.5 Å². The van der Waals surface area contributed by atoms with Gasteiger partial charge in [-0.05, 0) is 72.7 Å². The summed E-state index contributed by atoms with van der Waals surface area (Å²) in [4.78, 5) is 40.2. The molecule has 0 saturated carbocycles. The van der Waals surface area contributed by atoms with E-state index in [-0.39, 0.29) is 36.0 Å². The third kappa shape index (κ3) is 7.52. The van der Waals surface area contributed by atoms with Crippen LogP contribution in [0.2, 0.25) is 0 Å². The van der Waals surface area contributed by atoms with E-state index in [4.69, 9.17) is 19.5 Å². The number of ether oxygens (including phenoxy) is 2. The Balaban J connectivity index is 0.921. The van der Waals surface area contributed by atoms with Crippen LogP contribution < -0.4 is 20.1 Å². The van der Waals surface area contributed by atoms with Crippen molar-refractivity contribution in [3.63, 3.8) is 0 Å². The Hall–Kier alpha value is -5.72. The summed E-state index contributed by atoms with van der Waals surface area (Å²) in [5, 5.41) is 28.5. The predicted octanol–water partition coefficient (Wildman–Crippen LogP) is 5.02. The maximum absolute atomic E-state index is 13.4. The minimum absolute atomic E-state index is 0.108. The fourth-order valence-electron chi connectivity index (χ4n) is 8.13. The molecule has 0 aliphatic carbocycles. The van der Waals surface area contributed by atoms with Gasteiger partial charge in [-0.25, -0.2) is 0 Å². The average molecular weight is 743 g/mol. The van der Waals surface area contributed by atoms with Crippen LogP contribution in [-0.2, 0) is 9.59 Å². The first-order valence-corrected chi connectivity index (χ1v) is 19.0. The number of carbonyl (C=O) groups is 2. The topological polar surface area (TPSA) is 148 Å². The van der Waals surface area contributed by atoms with Crippen molar-refractivity contribution in [2.75, 3.05) is 33.3 Å². The number of hydrogen-bond donors (Lipinski definition) is 4. The molecule has 2 saturated heterocycles. The maximum atomic E-state index is 13.4. The Kier molecular flexibility index (Phi) is 10.5. The quantitative estimate of drug-likeness (QED) is 0.168. The van der Waals surface area contributed by atoms with E-state index in [9.17, 15) is 19.8 Å². The Bertz CT molecular complexity index is 2060. The van der Waals surface area contributed by atoms with Gasteiger partial charge in [0.2, 0.25) is 0 Å². The van der Waals surface area contributed by atoms with Gasteiger partial charge in [0.15, 0.2) is 12.2 Å². The summed E-state index contributed by atoms with van der Waals surface area (Å²) in [6.45, 7) is 2.32. The highest BCUT2D eigenvalue weighted by Crippen LogP contribution is 2.36. The van der Waals surface area contributed by atoms with Gasteiger partial charge in [-0.3, -0.25) is 19.6 Å². The van der Waals surface area contributed by atoms with Crippen LogP contribution in [0.1, 0.15) is 72.2 Å². The van der Waals surface area contributed by atoms with Crippen LogP contribution in [0, 0.1) is 0 Å². The standard InChI is InChI=1S/C43H46N6O6/c1-54-37-21-20-31(24-32(37)34-26-45-41(47-34)36-15-9-23-49(36)43(53)39(51)29-12-6-3-7-13-29)55-30-18-16-27(17-19-30)33-25-44-40(46-33)35-14-8-22-48(35)42(52)38(50)28-10-4-2-5-11-28/h2-7,10-13,16-21,24,33-36,38-39,50-51H,8-9,14-15,22-23,25-26H2,1H3,(H,44,46)(H,45,47)/t33?,34?,35-,36-,38-,39-/m0/s1. The molecule has 2 fully saturated rings. The zero-order valence-electron chi connectivity index (χ0n) is 30.8. The van der Waals surface area contributed by atoms with Crippen molar-refractivity contribution in [3.05, 3.63) is 125 Å². The van der Waals surface area contributed by atoms with E-state index >= 15 is 0 Å². The number of rotatable bonds is 11. The summed E-state index contributed by atoms with van der Waals surface area (Å²) in [5.74, 6) is 2.91. The van der Waals surface area contributed by atoms with E-state index in [1.807, 2.05) is 78.9 Å². The molecule has 55 heavy (non-hydrogen) atoms. The second-order valence-electron chi connectivity index (χ2n) is 14.4. The lowest BCUT2D eigenvalue weighted by Crippen LogP contribution is -2.46. The van der Waals surface area contributed by atoms with E-state index < -0.39 is 12.2 Å². The van der Waals surface area contributed by atoms with Crippen molar-refractivity contribution in [2.24, 2.45) is 9.98 Å². The first-order valence-electron chi connectivity index (χ1n) is 19.0. The van der Waals surface area contributed by atoms with Gasteiger partial charge in [0.05, 0.1) is 31.3 Å². The van der Waals surface area contributed by atoms with Crippen molar-refractivity contribution in [2.45, 2.75) is 62.1 Å². The van der Waals surface area contributed by atoms with Crippen LogP contribution in [0.3, 0.4) is 0 Å². The number of nitrogens with zero attached hydrogens (tertiary/aromatic N) is 4. The summed E-state index contributed by atoms with van der Waals surface area (Å²) in [6.07, 6.45) is 0.832. The molecule has 4 aliphatic rings. The molecule has 4 aromatic carbocycles. The van der Waals surface area contributed by atoms with Gasteiger partial charge in [0.1, 0.15) is 28.9 Å². The minimum atomic E-state index is -1.22. The lowest BCUT2D eigenvalue weighted by molar-refractivity contribution is -0.141. The lowest BCUT2D eigenvalue weighted by Gasteiger charge is -2.27. The molecule has 4 aromatic rings. The Morgan fingerprint density at radius 1 is 0.691 bits per heavy atom. The van der Waals surface area contributed by atoms with Crippen LogP contribution in [-0.4, -0.2) is 88.9 Å². The number of amidine groups is 2. The molecular weight excluding hydrogens is 697 g/mol. The first kappa shape index (κ1) is 36.3. The number of carbonyl (C=O) groups excluding carboxylic acids is 2. The van der Waals surface area contributed by atoms with Gasteiger partial charge in [-0.15, -0.1) is 0 Å². The van der Waals surface area contributed by atoms with E-state index in [2.05, 4.69) is 10.6 Å². The number of hydrogen-bond acceptors (Lipinski definition) is 10. The molecule has 6 atom stereocenters. The molecule has 2 unspecified atom stereocenters. The van der Waals surface area contributed by atoms with Gasteiger partial charge in [-0.1, -0.05) is 72.8 Å². The summed E-state index contributed by atoms with van der Waals surface area (Å²) < 4.78 is 12.0. The number of aliphatic hydroxyl groups is 2. The number of nitrogens with one attached hydrogen (secondary N) is 2. The molecule has 8 rings (SSSR count). The fourth-order valence-corrected chi connectivity index (χ4v) is 8.13. The van der Waals surface area contributed by atoms with Crippen molar-refractivity contribution in [1.29, 1.82) is 0 Å². The zero-order chi connectivity index (χ0) is 37.9. The average Bonchev–Trinajstić information content (AvgIpc) is 4.08. The summed E-state index contributed by atoms with van der Waals surface area (Å²) in [7, 11) is 1.63. The highest BCUT2D eigenvalue weighted by molar-refractivity contribution is 5.95. The normalized spacial score (nSPS) is 23.0. The molecule has 12 heteroatoms. The predicted molar refractivity (Wildman–Crippen MR) is 208 cm³/mol. The number of amides is 2. The smallest absolute Gasteiger partial charge is 0.256 e. The molecule has 2 amide bonds. The van der Waals surface area contributed by atoms with Crippen LogP contribution in [0.5, 0.6) is 17.2 Å². The highest BCUT2D eigenvalue weighted by atomic mass is 16.5. The highest BCUT2D eigenvalue weighted by Gasteiger charge is 2.39. The SMILES string of the molecule is COc1ccc(Oc2ccc(C3CNC([C@@H]4CCCN4C(=O)[C@@H](O)c4ccccc4)=N3)cc2)cc1C1CNC([C@@H]2CCCN2C(=O)[C@@H](O)c2ccccc2)=N1. The number of likely N-dealkylation sites (tertiary alicyclic amines) is 2. The van der Waals surface area contributed by atoms with Crippen LogP contribution in [0.25, 0.3) is 0 Å². The Labute approximate surface area is 320 Å². The number of aliphatic hydroxyl groups excluding tert-OH is 2. The third-order valence-corrected chi connectivity index (χ3v) is 11.0. The molecule has 12 nitrogen and oxygen atoms in total. The zero-order valence-corrected chi connectivity index (χ0v) is 30.8. The van der Waals surface area contributed by atoms with Crippen LogP contribution in [0.4, 0.5) is 0 Å². The molecule has 0 aromatic heterocycles. The van der Waals surface area contributed by atoms with Gasteiger partial charge in [0, 0.05) is 31.7 Å². The first-order chi connectivity index (χ1) is 26.9. The van der Waals surface area contributed by atoms with Gasteiger partial charge in [0.25, 0.3) is 11.8 Å². The molecule has 0 bridgehead atoms. The molecule has 4 aliphatic heterocycles. The Morgan fingerprint density at radius 2 is 1.20 bits per heavy atom. The number of methoxy groups -OCH3 is 1. The molecule has 4 heterocycles. The van der Waals surface area contributed by atoms with E-state index in [0.29, 0.717) is 54.6 Å². The maximum Gasteiger partial charge on any atom is 0.256 e. The van der Waals surface area contributed by atoms with Crippen molar-refractivity contribution in [1.82, 2.24) is 20.4 Å². The number of aliphatic imine (C=N–C) groups is 2. The molecular formula is C43H46N6O6. The van der Waals surface area contributed by atoms with Crippen molar-refractivity contribution >= 4 is 23.5 Å². The summed E-state index contributed by atoms with van der Waals surface area (Å²) >= 11 is 0. The molecule has 284 valence electrons. The second-order valence-corrected chi connectivity index (χ2v) is 14.4. The van der Waals surface area contributed by atoms with E-state index in [1.165, 1.54) is 0 Å². The largest absolute Gasteiger partial charge is 0.496 e. The monoisotopic (exact) mass is 742 g/mol. The number of benzene rings is 4. The molecule has 4 N–H and O–H groups in total. The van der Waals surface area contributed by atoms with Crippen molar-refractivity contribution in [3.8, 4) is 17.2 Å². The second kappa shape index (κ2) is 15.9. The van der Waals surface area contributed by atoms with Crippen LogP contribution >= 0.6 is 0 Å². The fraction of sp³-hybridized carbons (Fsp3) is 0.349. The van der Waals surface area contributed by atoms with Crippen molar-refractivity contribution < 1.29 is 29.3 Å². The summed E-state index contributed by atoms with van der Waals surface area (Å²) in [6, 6.07) is 30.8. The van der Waals surface area contributed by atoms with Gasteiger partial charge in [-0.2, -0.15) is 0 Å². The van der Waals surface area contributed by atoms with Gasteiger partial charge < -0.3 is 40.1 Å². The third-order valence-electron chi connectivity index (χ3n) is 11.0. The lowest BCUT2D eigenvalue weighted by atomic mass is 10.1. The molecule has 0 spiro atoms. The van der Waals surface area contributed by atoms with Crippen LogP contribution in [0.15, 0.2) is 113 Å².